The minimum Gasteiger partial charge on any atom is -0.474 e. The summed E-state index contributed by atoms with van der Waals surface area (Å²) in [4.78, 5) is 25.2. The molecule has 1 aliphatic rings. The number of anilines is 1. The van der Waals surface area contributed by atoms with Crippen LogP contribution in [-0.4, -0.2) is 56.9 Å². The van der Waals surface area contributed by atoms with Gasteiger partial charge in [-0.05, 0) is 37.6 Å². The molecule has 0 unspecified atom stereocenters. The lowest BCUT2D eigenvalue weighted by Gasteiger charge is -2.36. The largest absolute Gasteiger partial charge is 0.474 e. The molecule has 0 N–H and O–H groups in total. The molecule has 8 heteroatoms. The number of hydrogen-bond acceptors (Lipinski definition) is 7. The molecule has 4 rings (SSSR count). The van der Waals surface area contributed by atoms with Gasteiger partial charge >= 0.3 is 0 Å². The molecule has 0 radical (unpaired) electrons. The Labute approximate surface area is 169 Å². The number of ether oxygens (including phenoxy) is 1. The van der Waals surface area contributed by atoms with Gasteiger partial charge in [-0.2, -0.15) is 5.10 Å². The van der Waals surface area contributed by atoms with Crippen LogP contribution in [0.1, 0.15) is 19.4 Å². The van der Waals surface area contributed by atoms with E-state index in [4.69, 9.17) is 4.74 Å². The highest BCUT2D eigenvalue weighted by Gasteiger charge is 2.19. The van der Waals surface area contributed by atoms with Gasteiger partial charge in [-0.25, -0.2) is 14.6 Å². The number of hydrogen-bond donors (Lipinski definition) is 0. The van der Waals surface area contributed by atoms with E-state index in [0.29, 0.717) is 5.88 Å². The van der Waals surface area contributed by atoms with Gasteiger partial charge in [0.1, 0.15) is 6.33 Å². The van der Waals surface area contributed by atoms with Crippen molar-refractivity contribution in [3.8, 4) is 5.88 Å². The molecule has 1 fully saturated rings. The van der Waals surface area contributed by atoms with Crippen LogP contribution >= 0.6 is 0 Å². The van der Waals surface area contributed by atoms with E-state index in [-0.39, 0.29) is 11.7 Å². The van der Waals surface area contributed by atoms with Crippen molar-refractivity contribution < 1.29 is 4.74 Å². The Morgan fingerprint density at radius 3 is 2.62 bits per heavy atom. The van der Waals surface area contributed by atoms with Crippen LogP contribution in [0.5, 0.6) is 5.88 Å². The SMILES string of the molecule is CC(C)Oc1ncnc2ccc(N3CCN(Cc4cnn(C)c(=O)c4)CC3)cc12. The Kier molecular flexibility index (Phi) is 5.44. The summed E-state index contributed by atoms with van der Waals surface area (Å²) in [7, 11) is 1.66. The fourth-order valence-corrected chi connectivity index (χ4v) is 3.55. The van der Waals surface area contributed by atoms with Gasteiger partial charge in [0.15, 0.2) is 0 Å². The lowest BCUT2D eigenvalue weighted by atomic mass is 10.1. The topological polar surface area (TPSA) is 76.4 Å². The molecule has 3 aromatic rings. The lowest BCUT2D eigenvalue weighted by Crippen LogP contribution is -2.46. The Bertz CT molecular complexity index is 1060. The van der Waals surface area contributed by atoms with Gasteiger partial charge in [-0.15, -0.1) is 0 Å². The van der Waals surface area contributed by atoms with Crippen molar-refractivity contribution >= 4 is 16.6 Å². The predicted octanol–water partition coefficient (Wildman–Crippen LogP) is 1.83. The van der Waals surface area contributed by atoms with Gasteiger partial charge in [0.25, 0.3) is 5.56 Å². The third-order valence-electron chi connectivity index (χ3n) is 5.10. The number of fused-ring (bicyclic) bond motifs is 1. The number of nitrogens with zero attached hydrogens (tertiary/aromatic N) is 6. The van der Waals surface area contributed by atoms with E-state index in [1.807, 2.05) is 19.9 Å². The number of piperazine rings is 1. The zero-order valence-corrected chi connectivity index (χ0v) is 17.1. The summed E-state index contributed by atoms with van der Waals surface area (Å²) in [6.07, 6.45) is 3.38. The quantitative estimate of drug-likeness (QED) is 0.653. The smallest absolute Gasteiger partial charge is 0.266 e. The van der Waals surface area contributed by atoms with E-state index >= 15 is 0 Å². The van der Waals surface area contributed by atoms with E-state index in [1.54, 1.807) is 25.6 Å². The Balaban J connectivity index is 1.46. The molecule has 2 aromatic heterocycles. The average molecular weight is 394 g/mol. The van der Waals surface area contributed by atoms with Crippen LogP contribution in [0.15, 0.2) is 41.6 Å². The van der Waals surface area contributed by atoms with Crippen LogP contribution < -0.4 is 15.2 Å². The molecular weight excluding hydrogens is 368 g/mol. The number of benzene rings is 1. The summed E-state index contributed by atoms with van der Waals surface area (Å²) in [5, 5.41) is 5.04. The van der Waals surface area contributed by atoms with E-state index < -0.39 is 0 Å². The van der Waals surface area contributed by atoms with Crippen LogP contribution in [0, 0.1) is 0 Å². The van der Waals surface area contributed by atoms with Crippen LogP contribution in [-0.2, 0) is 13.6 Å². The molecule has 1 aromatic carbocycles. The first-order valence-corrected chi connectivity index (χ1v) is 9.90. The van der Waals surface area contributed by atoms with Gasteiger partial charge in [0.2, 0.25) is 5.88 Å². The Hall–Kier alpha value is -3.00. The molecule has 0 atom stereocenters. The zero-order valence-electron chi connectivity index (χ0n) is 17.1. The van der Waals surface area contributed by atoms with E-state index in [1.165, 1.54) is 4.68 Å². The molecule has 1 aliphatic heterocycles. The second-order valence-corrected chi connectivity index (χ2v) is 7.64. The van der Waals surface area contributed by atoms with Crippen LogP contribution in [0.25, 0.3) is 10.9 Å². The van der Waals surface area contributed by atoms with Gasteiger partial charge in [-0.1, -0.05) is 0 Å². The summed E-state index contributed by atoms with van der Waals surface area (Å²) in [5.41, 5.74) is 2.92. The van der Waals surface area contributed by atoms with Crippen LogP contribution in [0.4, 0.5) is 5.69 Å². The maximum absolute atomic E-state index is 11.8. The van der Waals surface area contributed by atoms with Crippen molar-refractivity contribution in [1.29, 1.82) is 0 Å². The molecule has 0 saturated carbocycles. The maximum Gasteiger partial charge on any atom is 0.266 e. The van der Waals surface area contributed by atoms with Gasteiger partial charge in [0, 0.05) is 51.5 Å². The molecule has 0 amide bonds. The first-order valence-electron chi connectivity index (χ1n) is 9.90. The van der Waals surface area contributed by atoms with Gasteiger partial charge in [0.05, 0.1) is 23.2 Å². The monoisotopic (exact) mass is 394 g/mol. The summed E-state index contributed by atoms with van der Waals surface area (Å²) in [5.74, 6) is 0.628. The fraction of sp³-hybridized carbons (Fsp3) is 0.429. The molecule has 0 bridgehead atoms. The third kappa shape index (κ3) is 4.37. The van der Waals surface area contributed by atoms with Gasteiger partial charge in [-0.3, -0.25) is 9.69 Å². The van der Waals surface area contributed by atoms with Crippen molar-refractivity contribution in [2.45, 2.75) is 26.5 Å². The molecule has 0 aliphatic carbocycles. The van der Waals surface area contributed by atoms with Crippen molar-refractivity contribution in [3.63, 3.8) is 0 Å². The molecule has 8 nitrogen and oxygen atoms in total. The van der Waals surface area contributed by atoms with E-state index in [0.717, 1.165) is 54.9 Å². The maximum atomic E-state index is 11.8. The fourth-order valence-electron chi connectivity index (χ4n) is 3.55. The van der Waals surface area contributed by atoms with Crippen LogP contribution in [0.3, 0.4) is 0 Å². The van der Waals surface area contributed by atoms with Crippen molar-refractivity contribution in [2.24, 2.45) is 7.05 Å². The standard InChI is InChI=1S/C21H26N6O2/c1-15(2)29-21-18-11-17(4-5-19(18)22-14-23-21)27-8-6-26(7-9-27)13-16-10-20(28)25(3)24-12-16/h4-5,10-12,14-15H,6-9,13H2,1-3H3. The highest BCUT2D eigenvalue weighted by Crippen LogP contribution is 2.28. The molecule has 29 heavy (non-hydrogen) atoms. The Morgan fingerprint density at radius 1 is 1.10 bits per heavy atom. The zero-order chi connectivity index (χ0) is 20.4. The predicted molar refractivity (Wildman–Crippen MR) is 112 cm³/mol. The lowest BCUT2D eigenvalue weighted by molar-refractivity contribution is 0.235. The van der Waals surface area contributed by atoms with Crippen molar-refractivity contribution in [1.82, 2.24) is 24.6 Å². The Morgan fingerprint density at radius 2 is 1.90 bits per heavy atom. The number of rotatable bonds is 5. The highest BCUT2D eigenvalue weighted by molar-refractivity contribution is 5.86. The minimum atomic E-state index is -0.0704. The first-order chi connectivity index (χ1) is 14.0. The van der Waals surface area contributed by atoms with E-state index in [9.17, 15) is 4.79 Å². The first kappa shape index (κ1) is 19.3. The normalized spacial score (nSPS) is 15.2. The average Bonchev–Trinajstić information content (AvgIpc) is 2.71. The van der Waals surface area contributed by atoms with Crippen molar-refractivity contribution in [3.05, 3.63) is 52.7 Å². The molecular formula is C21H26N6O2. The number of aryl methyl sites for hydroxylation is 1. The van der Waals surface area contributed by atoms with Crippen molar-refractivity contribution in [2.75, 3.05) is 31.1 Å². The number of aromatic nitrogens is 4. The summed E-state index contributed by atoms with van der Waals surface area (Å²) in [6, 6.07) is 7.92. The molecule has 1 saturated heterocycles. The van der Waals surface area contributed by atoms with E-state index in [2.05, 4.69) is 37.0 Å². The molecule has 3 heterocycles. The van der Waals surface area contributed by atoms with Crippen LogP contribution in [0.2, 0.25) is 0 Å². The second-order valence-electron chi connectivity index (χ2n) is 7.64. The summed E-state index contributed by atoms with van der Waals surface area (Å²) >= 11 is 0. The highest BCUT2D eigenvalue weighted by atomic mass is 16.5. The molecule has 0 spiro atoms. The minimum absolute atomic E-state index is 0.0598. The molecule has 152 valence electrons. The van der Waals surface area contributed by atoms with Gasteiger partial charge < -0.3 is 9.64 Å². The third-order valence-corrected chi connectivity index (χ3v) is 5.10. The second kappa shape index (κ2) is 8.16. The summed E-state index contributed by atoms with van der Waals surface area (Å²) < 4.78 is 7.21. The summed E-state index contributed by atoms with van der Waals surface area (Å²) in [6.45, 7) is 8.41.